The molecular formula is C12H23N3O. The first-order valence-electron chi connectivity index (χ1n) is 6.18. The molecule has 0 aliphatic carbocycles. The monoisotopic (exact) mass is 225 g/mol. The standard InChI is InChI=1S/C12H23N3O/c1-11(2,3)14-10(16)15-8-12(9-15)5-4-6-13-7-12/h13H,4-9H2,1-3H3,(H,14,16). The van der Waals surface area contributed by atoms with E-state index in [0.717, 1.165) is 26.2 Å². The summed E-state index contributed by atoms with van der Waals surface area (Å²) >= 11 is 0. The van der Waals surface area contributed by atoms with Gasteiger partial charge in [-0.25, -0.2) is 4.79 Å². The fourth-order valence-electron chi connectivity index (χ4n) is 2.61. The number of nitrogens with one attached hydrogen (secondary N) is 2. The number of piperidine rings is 1. The van der Waals surface area contributed by atoms with E-state index in [4.69, 9.17) is 0 Å². The summed E-state index contributed by atoms with van der Waals surface area (Å²) in [5.74, 6) is 0. The lowest BCUT2D eigenvalue weighted by molar-refractivity contribution is 0.00994. The minimum Gasteiger partial charge on any atom is -0.333 e. The number of amides is 2. The third-order valence-electron chi connectivity index (χ3n) is 3.38. The topological polar surface area (TPSA) is 44.4 Å². The lowest BCUT2D eigenvalue weighted by Crippen LogP contribution is -2.66. The molecule has 92 valence electrons. The Morgan fingerprint density at radius 3 is 2.56 bits per heavy atom. The van der Waals surface area contributed by atoms with Gasteiger partial charge in [0.25, 0.3) is 0 Å². The average molecular weight is 225 g/mol. The Morgan fingerprint density at radius 2 is 2.06 bits per heavy atom. The van der Waals surface area contributed by atoms with Crippen molar-refractivity contribution in [2.24, 2.45) is 5.41 Å². The van der Waals surface area contributed by atoms with Crippen molar-refractivity contribution in [1.82, 2.24) is 15.5 Å². The van der Waals surface area contributed by atoms with Crippen LogP contribution < -0.4 is 10.6 Å². The predicted octanol–water partition coefficient (Wildman–Crippen LogP) is 1.18. The van der Waals surface area contributed by atoms with E-state index in [1.54, 1.807) is 0 Å². The lowest BCUT2D eigenvalue weighted by Gasteiger charge is -2.52. The molecule has 2 aliphatic heterocycles. The highest BCUT2D eigenvalue weighted by Crippen LogP contribution is 2.36. The van der Waals surface area contributed by atoms with Crippen LogP contribution in [-0.4, -0.2) is 42.6 Å². The van der Waals surface area contributed by atoms with Gasteiger partial charge >= 0.3 is 6.03 Å². The Kier molecular flexibility index (Phi) is 2.86. The molecule has 2 aliphatic rings. The number of nitrogens with zero attached hydrogens (tertiary/aromatic N) is 1. The summed E-state index contributed by atoms with van der Waals surface area (Å²) in [5, 5.41) is 6.44. The van der Waals surface area contributed by atoms with Gasteiger partial charge in [0.05, 0.1) is 0 Å². The Bertz CT molecular complexity index is 268. The molecule has 2 saturated heterocycles. The summed E-state index contributed by atoms with van der Waals surface area (Å²) in [4.78, 5) is 13.8. The third kappa shape index (κ3) is 2.48. The highest BCUT2D eigenvalue weighted by Gasteiger charge is 2.45. The van der Waals surface area contributed by atoms with Crippen LogP contribution in [-0.2, 0) is 0 Å². The summed E-state index contributed by atoms with van der Waals surface area (Å²) in [6, 6.07) is 0.0868. The van der Waals surface area contributed by atoms with Crippen molar-refractivity contribution < 1.29 is 4.79 Å². The van der Waals surface area contributed by atoms with Crippen molar-refractivity contribution in [3.8, 4) is 0 Å². The van der Waals surface area contributed by atoms with Crippen LogP contribution in [0.2, 0.25) is 0 Å². The highest BCUT2D eigenvalue weighted by molar-refractivity contribution is 5.76. The second-order valence-electron chi connectivity index (χ2n) is 6.32. The highest BCUT2D eigenvalue weighted by atomic mass is 16.2. The molecule has 0 radical (unpaired) electrons. The predicted molar refractivity (Wildman–Crippen MR) is 64.4 cm³/mol. The Hall–Kier alpha value is -0.770. The zero-order valence-electron chi connectivity index (χ0n) is 10.6. The van der Waals surface area contributed by atoms with Crippen molar-refractivity contribution in [1.29, 1.82) is 0 Å². The molecule has 0 unspecified atom stereocenters. The van der Waals surface area contributed by atoms with Crippen LogP contribution in [0.1, 0.15) is 33.6 Å². The van der Waals surface area contributed by atoms with Gasteiger partial charge in [-0.05, 0) is 40.2 Å². The van der Waals surface area contributed by atoms with E-state index >= 15 is 0 Å². The van der Waals surface area contributed by atoms with Crippen molar-refractivity contribution in [2.45, 2.75) is 39.2 Å². The second-order valence-corrected chi connectivity index (χ2v) is 6.32. The van der Waals surface area contributed by atoms with Crippen molar-refractivity contribution in [3.05, 3.63) is 0 Å². The molecule has 0 aromatic carbocycles. The molecular weight excluding hydrogens is 202 g/mol. The molecule has 1 spiro atoms. The Labute approximate surface area is 97.8 Å². The third-order valence-corrected chi connectivity index (χ3v) is 3.38. The van der Waals surface area contributed by atoms with Gasteiger partial charge in [-0.1, -0.05) is 0 Å². The number of rotatable bonds is 0. The number of likely N-dealkylation sites (tertiary alicyclic amines) is 1. The van der Waals surface area contributed by atoms with E-state index in [1.165, 1.54) is 12.8 Å². The molecule has 2 N–H and O–H groups in total. The number of carbonyl (C=O) groups excluding carboxylic acids is 1. The maximum absolute atomic E-state index is 11.9. The Balaban J connectivity index is 1.81. The lowest BCUT2D eigenvalue weighted by atomic mass is 9.74. The minimum atomic E-state index is -0.134. The summed E-state index contributed by atoms with van der Waals surface area (Å²) in [6.45, 7) is 10.1. The summed E-state index contributed by atoms with van der Waals surface area (Å²) in [7, 11) is 0. The second kappa shape index (κ2) is 3.91. The van der Waals surface area contributed by atoms with Gasteiger partial charge in [0.15, 0.2) is 0 Å². The molecule has 16 heavy (non-hydrogen) atoms. The smallest absolute Gasteiger partial charge is 0.317 e. The van der Waals surface area contributed by atoms with Gasteiger partial charge in [-0.3, -0.25) is 0 Å². The van der Waals surface area contributed by atoms with Gasteiger partial charge in [-0.15, -0.1) is 0 Å². The van der Waals surface area contributed by atoms with Crippen LogP contribution in [0.3, 0.4) is 0 Å². The summed E-state index contributed by atoms with van der Waals surface area (Å²) in [5.41, 5.74) is 0.248. The fraction of sp³-hybridized carbons (Fsp3) is 0.917. The van der Waals surface area contributed by atoms with E-state index in [1.807, 2.05) is 25.7 Å². The van der Waals surface area contributed by atoms with Crippen LogP contribution in [0.4, 0.5) is 4.79 Å². The first-order chi connectivity index (χ1) is 7.40. The zero-order chi connectivity index (χ0) is 11.8. The first kappa shape index (κ1) is 11.7. The largest absolute Gasteiger partial charge is 0.333 e. The van der Waals surface area contributed by atoms with Gasteiger partial charge in [0.2, 0.25) is 0 Å². The minimum absolute atomic E-state index is 0.0868. The van der Waals surface area contributed by atoms with Crippen LogP contribution in [0.15, 0.2) is 0 Å². The quantitative estimate of drug-likeness (QED) is 0.650. The summed E-state index contributed by atoms with van der Waals surface area (Å²) < 4.78 is 0. The van der Waals surface area contributed by atoms with Crippen LogP contribution in [0.5, 0.6) is 0 Å². The first-order valence-corrected chi connectivity index (χ1v) is 6.18. The molecule has 2 heterocycles. The molecule has 2 rings (SSSR count). The molecule has 0 aromatic heterocycles. The average Bonchev–Trinajstić information content (AvgIpc) is 2.12. The maximum atomic E-state index is 11.9. The Morgan fingerprint density at radius 1 is 1.38 bits per heavy atom. The van der Waals surface area contributed by atoms with Gasteiger partial charge in [-0.2, -0.15) is 0 Å². The molecule has 0 saturated carbocycles. The molecule has 0 atom stereocenters. The van der Waals surface area contributed by atoms with E-state index < -0.39 is 0 Å². The molecule has 2 amide bonds. The van der Waals surface area contributed by atoms with Crippen molar-refractivity contribution in [3.63, 3.8) is 0 Å². The summed E-state index contributed by atoms with van der Waals surface area (Å²) in [6.07, 6.45) is 2.51. The van der Waals surface area contributed by atoms with Gasteiger partial charge in [0.1, 0.15) is 0 Å². The SMILES string of the molecule is CC(C)(C)NC(=O)N1CC2(CCCNC2)C1. The zero-order valence-corrected chi connectivity index (χ0v) is 10.6. The van der Waals surface area contributed by atoms with Crippen molar-refractivity contribution >= 4 is 6.03 Å². The molecule has 0 bridgehead atoms. The molecule has 4 nitrogen and oxygen atoms in total. The van der Waals surface area contributed by atoms with Crippen LogP contribution in [0, 0.1) is 5.41 Å². The number of urea groups is 1. The van der Waals surface area contributed by atoms with Gasteiger partial charge in [0, 0.05) is 30.6 Å². The number of hydrogen-bond acceptors (Lipinski definition) is 2. The van der Waals surface area contributed by atoms with E-state index in [0.29, 0.717) is 5.41 Å². The molecule has 2 fully saturated rings. The van der Waals surface area contributed by atoms with Crippen molar-refractivity contribution in [2.75, 3.05) is 26.2 Å². The van der Waals surface area contributed by atoms with E-state index in [9.17, 15) is 4.79 Å². The molecule has 4 heteroatoms. The number of hydrogen-bond donors (Lipinski definition) is 2. The van der Waals surface area contributed by atoms with Gasteiger partial charge < -0.3 is 15.5 Å². The maximum Gasteiger partial charge on any atom is 0.317 e. The van der Waals surface area contributed by atoms with E-state index in [2.05, 4.69) is 10.6 Å². The van der Waals surface area contributed by atoms with E-state index in [-0.39, 0.29) is 11.6 Å². The number of carbonyl (C=O) groups is 1. The van der Waals surface area contributed by atoms with Crippen LogP contribution >= 0.6 is 0 Å². The fourth-order valence-corrected chi connectivity index (χ4v) is 2.61. The van der Waals surface area contributed by atoms with Crippen LogP contribution in [0.25, 0.3) is 0 Å². The molecule has 0 aromatic rings. The normalized spacial score (nSPS) is 24.1.